The Morgan fingerprint density at radius 1 is 1.03 bits per heavy atom. The van der Waals surface area contributed by atoms with Crippen LogP contribution < -0.4 is 5.32 Å². The van der Waals surface area contributed by atoms with E-state index in [2.05, 4.69) is 10.5 Å². The van der Waals surface area contributed by atoms with E-state index in [4.69, 9.17) is 9.26 Å². The molecule has 30 heavy (non-hydrogen) atoms. The zero-order valence-corrected chi connectivity index (χ0v) is 16.5. The SMILES string of the molecule is O=C(CN(CC1CCCO1)C(=O)c1ccc(-c2ccccc2)cc1)Nc1ccon1. The Morgan fingerprint density at radius 2 is 1.80 bits per heavy atom. The van der Waals surface area contributed by atoms with E-state index >= 15 is 0 Å². The number of amides is 2. The van der Waals surface area contributed by atoms with Crippen molar-refractivity contribution in [3.05, 3.63) is 72.5 Å². The number of rotatable bonds is 7. The molecular weight excluding hydrogens is 382 g/mol. The maximum Gasteiger partial charge on any atom is 0.254 e. The van der Waals surface area contributed by atoms with Crippen LogP contribution in [-0.2, 0) is 9.53 Å². The highest BCUT2D eigenvalue weighted by atomic mass is 16.5. The molecule has 1 N–H and O–H groups in total. The lowest BCUT2D eigenvalue weighted by molar-refractivity contribution is -0.117. The fraction of sp³-hybridized carbons (Fsp3) is 0.261. The molecule has 1 fully saturated rings. The zero-order valence-electron chi connectivity index (χ0n) is 16.5. The summed E-state index contributed by atoms with van der Waals surface area (Å²) in [6, 6.07) is 18.9. The molecule has 1 aliphatic rings. The first-order chi connectivity index (χ1) is 14.7. The predicted octanol–water partition coefficient (Wildman–Crippen LogP) is 3.60. The van der Waals surface area contributed by atoms with Crippen LogP contribution in [0.25, 0.3) is 11.1 Å². The van der Waals surface area contributed by atoms with Gasteiger partial charge >= 0.3 is 0 Å². The smallest absolute Gasteiger partial charge is 0.254 e. The summed E-state index contributed by atoms with van der Waals surface area (Å²) in [7, 11) is 0. The van der Waals surface area contributed by atoms with Crippen molar-refractivity contribution in [1.29, 1.82) is 0 Å². The van der Waals surface area contributed by atoms with Crippen LogP contribution in [-0.4, -0.2) is 47.7 Å². The molecule has 2 amide bonds. The maximum absolute atomic E-state index is 13.2. The van der Waals surface area contributed by atoms with E-state index in [-0.39, 0.29) is 24.5 Å². The highest BCUT2D eigenvalue weighted by Gasteiger charge is 2.25. The van der Waals surface area contributed by atoms with Gasteiger partial charge in [0.05, 0.1) is 6.10 Å². The molecule has 0 spiro atoms. The number of benzene rings is 2. The van der Waals surface area contributed by atoms with Crippen molar-refractivity contribution in [2.24, 2.45) is 0 Å². The number of ether oxygens (including phenoxy) is 1. The third-order valence-corrected chi connectivity index (χ3v) is 5.01. The Kier molecular flexibility index (Phi) is 6.20. The van der Waals surface area contributed by atoms with Crippen LogP contribution in [0.5, 0.6) is 0 Å². The second kappa shape index (κ2) is 9.37. The van der Waals surface area contributed by atoms with E-state index in [9.17, 15) is 9.59 Å². The minimum atomic E-state index is -0.337. The van der Waals surface area contributed by atoms with E-state index in [0.29, 0.717) is 24.5 Å². The van der Waals surface area contributed by atoms with Gasteiger partial charge in [-0.3, -0.25) is 9.59 Å². The van der Waals surface area contributed by atoms with E-state index in [1.165, 1.54) is 11.2 Å². The lowest BCUT2D eigenvalue weighted by Crippen LogP contribution is -2.42. The van der Waals surface area contributed by atoms with Crippen LogP contribution in [0.2, 0.25) is 0 Å². The normalized spacial score (nSPS) is 15.7. The van der Waals surface area contributed by atoms with Crippen molar-refractivity contribution in [3.8, 4) is 11.1 Å². The van der Waals surface area contributed by atoms with Gasteiger partial charge in [-0.05, 0) is 36.1 Å². The minimum absolute atomic E-state index is 0.0580. The molecule has 1 saturated heterocycles. The summed E-state index contributed by atoms with van der Waals surface area (Å²) in [4.78, 5) is 27.1. The molecule has 1 unspecified atom stereocenters. The monoisotopic (exact) mass is 405 g/mol. The van der Waals surface area contributed by atoms with Gasteiger partial charge in [0.25, 0.3) is 5.91 Å². The Hall–Kier alpha value is -3.45. The summed E-state index contributed by atoms with van der Waals surface area (Å²) in [5.74, 6) is -0.228. The Labute approximate surface area is 174 Å². The van der Waals surface area contributed by atoms with Gasteiger partial charge in [-0.25, -0.2) is 0 Å². The molecule has 0 saturated carbocycles. The fourth-order valence-corrected chi connectivity index (χ4v) is 3.50. The van der Waals surface area contributed by atoms with Crippen molar-refractivity contribution in [1.82, 2.24) is 10.1 Å². The Morgan fingerprint density at radius 3 is 2.47 bits per heavy atom. The van der Waals surface area contributed by atoms with E-state index in [1.54, 1.807) is 18.2 Å². The molecular formula is C23H23N3O4. The summed E-state index contributed by atoms with van der Waals surface area (Å²) >= 11 is 0. The average Bonchev–Trinajstić information content (AvgIpc) is 3.48. The number of nitrogens with zero attached hydrogens (tertiary/aromatic N) is 2. The molecule has 4 rings (SSSR count). The average molecular weight is 405 g/mol. The quantitative estimate of drug-likeness (QED) is 0.649. The van der Waals surface area contributed by atoms with Gasteiger partial charge in [0.2, 0.25) is 5.91 Å². The molecule has 0 radical (unpaired) electrons. The number of nitrogens with one attached hydrogen (secondary N) is 1. The van der Waals surface area contributed by atoms with Crippen LogP contribution >= 0.6 is 0 Å². The topological polar surface area (TPSA) is 84.7 Å². The first-order valence-corrected chi connectivity index (χ1v) is 9.95. The van der Waals surface area contributed by atoms with Crippen LogP contribution in [0.15, 0.2) is 71.4 Å². The highest BCUT2D eigenvalue weighted by molar-refractivity contribution is 5.99. The fourth-order valence-electron chi connectivity index (χ4n) is 3.50. The van der Waals surface area contributed by atoms with Gasteiger partial charge in [0.15, 0.2) is 5.82 Å². The van der Waals surface area contributed by atoms with Crippen molar-refractivity contribution in [2.75, 3.05) is 25.0 Å². The van der Waals surface area contributed by atoms with Crippen molar-refractivity contribution in [2.45, 2.75) is 18.9 Å². The van der Waals surface area contributed by atoms with Gasteiger partial charge in [-0.2, -0.15) is 0 Å². The van der Waals surface area contributed by atoms with Crippen LogP contribution in [0.3, 0.4) is 0 Å². The number of hydrogen-bond donors (Lipinski definition) is 1. The van der Waals surface area contributed by atoms with Gasteiger partial charge in [0.1, 0.15) is 12.8 Å². The van der Waals surface area contributed by atoms with Crippen molar-refractivity contribution in [3.63, 3.8) is 0 Å². The van der Waals surface area contributed by atoms with Gasteiger partial charge in [-0.1, -0.05) is 47.6 Å². The maximum atomic E-state index is 13.2. The number of carbonyl (C=O) groups is 2. The number of aromatic nitrogens is 1. The molecule has 1 aliphatic heterocycles. The summed E-state index contributed by atoms with van der Waals surface area (Å²) in [5.41, 5.74) is 2.64. The van der Waals surface area contributed by atoms with Crippen LogP contribution in [0, 0.1) is 0 Å². The van der Waals surface area contributed by atoms with Crippen LogP contribution in [0.4, 0.5) is 5.82 Å². The van der Waals surface area contributed by atoms with Crippen LogP contribution in [0.1, 0.15) is 23.2 Å². The Balaban J connectivity index is 1.48. The summed E-state index contributed by atoms with van der Waals surface area (Å²) in [5, 5.41) is 6.31. The van der Waals surface area contributed by atoms with E-state index in [0.717, 1.165) is 24.0 Å². The lowest BCUT2D eigenvalue weighted by atomic mass is 10.0. The molecule has 1 aromatic heterocycles. The standard InChI is InChI=1S/C23H23N3O4/c27-22(24-21-12-14-30-25-21)16-26(15-20-7-4-13-29-20)23(28)19-10-8-18(9-11-19)17-5-2-1-3-6-17/h1-3,5-6,8-12,14,20H,4,7,13,15-16H2,(H,24,25,27). The minimum Gasteiger partial charge on any atom is -0.376 e. The molecule has 154 valence electrons. The molecule has 7 heteroatoms. The number of hydrogen-bond acceptors (Lipinski definition) is 5. The summed E-state index contributed by atoms with van der Waals surface area (Å²) in [6.07, 6.45) is 3.15. The first kappa shape index (κ1) is 19.8. The zero-order chi connectivity index (χ0) is 20.8. The lowest BCUT2D eigenvalue weighted by Gasteiger charge is -2.25. The third kappa shape index (κ3) is 4.93. The Bertz CT molecular complexity index is 965. The second-order valence-electron chi connectivity index (χ2n) is 7.20. The molecule has 0 bridgehead atoms. The number of anilines is 1. The molecule has 1 atom stereocenters. The predicted molar refractivity (Wildman–Crippen MR) is 112 cm³/mol. The summed E-state index contributed by atoms with van der Waals surface area (Å²) < 4.78 is 10.4. The van der Waals surface area contributed by atoms with Gasteiger partial charge < -0.3 is 19.5 Å². The molecule has 3 aromatic rings. The van der Waals surface area contributed by atoms with Crippen molar-refractivity contribution < 1.29 is 18.8 Å². The molecule has 0 aliphatic carbocycles. The van der Waals surface area contributed by atoms with Gasteiger partial charge in [0, 0.05) is 24.8 Å². The number of carbonyl (C=O) groups excluding carboxylic acids is 2. The first-order valence-electron chi connectivity index (χ1n) is 9.95. The highest BCUT2D eigenvalue weighted by Crippen LogP contribution is 2.21. The van der Waals surface area contributed by atoms with Gasteiger partial charge in [-0.15, -0.1) is 0 Å². The summed E-state index contributed by atoms with van der Waals surface area (Å²) in [6.45, 7) is 0.959. The second-order valence-corrected chi connectivity index (χ2v) is 7.20. The van der Waals surface area contributed by atoms with E-state index < -0.39 is 0 Å². The van der Waals surface area contributed by atoms with Crippen molar-refractivity contribution >= 4 is 17.6 Å². The molecule has 2 aromatic carbocycles. The molecule has 2 heterocycles. The van der Waals surface area contributed by atoms with E-state index in [1.807, 2.05) is 42.5 Å². The largest absolute Gasteiger partial charge is 0.376 e. The molecule has 7 nitrogen and oxygen atoms in total. The third-order valence-electron chi connectivity index (χ3n) is 5.01.